The van der Waals surface area contributed by atoms with Gasteiger partial charge in [0.1, 0.15) is 5.75 Å². The second-order valence-corrected chi connectivity index (χ2v) is 5.22. The Labute approximate surface area is 140 Å². The van der Waals surface area contributed by atoms with Crippen molar-refractivity contribution in [1.29, 1.82) is 0 Å². The molecule has 2 aromatic carbocycles. The third kappa shape index (κ3) is 3.27. The lowest BCUT2D eigenvalue weighted by Gasteiger charge is -2.11. The molecule has 1 N–H and O–H groups in total. The molecule has 0 saturated carbocycles. The second kappa shape index (κ2) is 6.95. The first-order valence-electron chi connectivity index (χ1n) is 7.70. The Kier molecular flexibility index (Phi) is 4.56. The molecule has 3 rings (SSSR count). The molecule has 0 bridgehead atoms. The summed E-state index contributed by atoms with van der Waals surface area (Å²) in [7, 11) is 0. The first-order valence-corrected chi connectivity index (χ1v) is 7.70. The molecule has 0 radical (unpaired) electrons. The number of aryl methyl sites for hydroxylation is 1. The van der Waals surface area contributed by atoms with Crippen LogP contribution in [0.15, 0.2) is 54.7 Å². The topological polar surface area (TPSA) is 69.0 Å². The molecule has 6 nitrogen and oxygen atoms in total. The number of nitrogens with one attached hydrogen (secondary N) is 1. The van der Waals surface area contributed by atoms with Crippen molar-refractivity contribution in [3.05, 3.63) is 66.0 Å². The van der Waals surface area contributed by atoms with Gasteiger partial charge in [-0.05, 0) is 50.2 Å². The molecule has 24 heavy (non-hydrogen) atoms. The van der Waals surface area contributed by atoms with Crippen molar-refractivity contribution < 1.29 is 9.53 Å². The normalized spacial score (nSPS) is 10.4. The monoisotopic (exact) mass is 322 g/mol. The highest BCUT2D eigenvalue weighted by Crippen LogP contribution is 2.24. The summed E-state index contributed by atoms with van der Waals surface area (Å²) in [6.45, 7) is 4.37. The van der Waals surface area contributed by atoms with Gasteiger partial charge in [-0.15, -0.1) is 5.10 Å². The van der Waals surface area contributed by atoms with Gasteiger partial charge >= 0.3 is 0 Å². The number of hydrogen-bond acceptors (Lipinski definition) is 4. The SMILES string of the molecule is CCOc1ccccc1NC(=O)c1ccc(-n2nncc2C)cc1. The van der Waals surface area contributed by atoms with Crippen LogP contribution in [0.2, 0.25) is 0 Å². The van der Waals surface area contributed by atoms with Gasteiger partial charge in [-0.2, -0.15) is 0 Å². The molecule has 3 aromatic rings. The van der Waals surface area contributed by atoms with E-state index >= 15 is 0 Å². The van der Waals surface area contributed by atoms with Crippen LogP contribution in [0.25, 0.3) is 5.69 Å². The predicted octanol–water partition coefficient (Wildman–Crippen LogP) is 3.23. The quantitative estimate of drug-likeness (QED) is 0.783. The maximum atomic E-state index is 12.4. The van der Waals surface area contributed by atoms with Gasteiger partial charge in [-0.25, -0.2) is 4.68 Å². The highest BCUT2D eigenvalue weighted by Gasteiger charge is 2.10. The van der Waals surface area contributed by atoms with Crippen LogP contribution in [0, 0.1) is 6.92 Å². The number of carbonyl (C=O) groups is 1. The van der Waals surface area contributed by atoms with Crippen LogP contribution < -0.4 is 10.1 Å². The van der Waals surface area contributed by atoms with Crippen LogP contribution in [0.4, 0.5) is 5.69 Å². The number of hydrogen-bond donors (Lipinski definition) is 1. The molecule has 0 aliphatic carbocycles. The van der Waals surface area contributed by atoms with Gasteiger partial charge in [0, 0.05) is 5.56 Å². The smallest absolute Gasteiger partial charge is 0.255 e. The minimum Gasteiger partial charge on any atom is -0.492 e. The average Bonchev–Trinajstić information content (AvgIpc) is 3.03. The van der Waals surface area contributed by atoms with E-state index in [1.54, 1.807) is 23.0 Å². The van der Waals surface area contributed by atoms with Crippen LogP contribution in [0.5, 0.6) is 5.75 Å². The van der Waals surface area contributed by atoms with Crippen molar-refractivity contribution in [3.63, 3.8) is 0 Å². The van der Waals surface area contributed by atoms with E-state index in [4.69, 9.17) is 4.74 Å². The van der Waals surface area contributed by atoms with E-state index in [9.17, 15) is 4.79 Å². The van der Waals surface area contributed by atoms with Crippen molar-refractivity contribution in [1.82, 2.24) is 15.0 Å². The van der Waals surface area contributed by atoms with Gasteiger partial charge in [0.2, 0.25) is 0 Å². The summed E-state index contributed by atoms with van der Waals surface area (Å²) in [6.07, 6.45) is 1.69. The van der Waals surface area contributed by atoms with Crippen molar-refractivity contribution in [3.8, 4) is 11.4 Å². The number of aromatic nitrogens is 3. The Hall–Kier alpha value is -3.15. The van der Waals surface area contributed by atoms with Crippen molar-refractivity contribution >= 4 is 11.6 Å². The highest BCUT2D eigenvalue weighted by molar-refractivity contribution is 6.05. The number of benzene rings is 2. The molecule has 0 aliphatic rings. The molecule has 0 atom stereocenters. The summed E-state index contributed by atoms with van der Waals surface area (Å²) >= 11 is 0. The summed E-state index contributed by atoms with van der Waals surface area (Å²) in [5, 5.41) is 10.7. The number of anilines is 1. The Balaban J connectivity index is 1.78. The largest absolute Gasteiger partial charge is 0.492 e. The predicted molar refractivity (Wildman–Crippen MR) is 91.7 cm³/mol. The van der Waals surface area contributed by atoms with E-state index in [0.29, 0.717) is 23.6 Å². The molecule has 0 fully saturated rings. The third-order valence-corrected chi connectivity index (χ3v) is 3.53. The molecule has 122 valence electrons. The van der Waals surface area contributed by atoms with Gasteiger partial charge in [0.25, 0.3) is 5.91 Å². The Morgan fingerprint density at radius 3 is 2.58 bits per heavy atom. The van der Waals surface area contributed by atoms with Gasteiger partial charge in [-0.3, -0.25) is 4.79 Å². The van der Waals surface area contributed by atoms with E-state index < -0.39 is 0 Å². The molecule has 0 saturated heterocycles. The van der Waals surface area contributed by atoms with Crippen LogP contribution in [-0.4, -0.2) is 27.5 Å². The Bertz CT molecular complexity index is 840. The fourth-order valence-electron chi connectivity index (χ4n) is 2.34. The van der Waals surface area contributed by atoms with Crippen molar-refractivity contribution in [2.75, 3.05) is 11.9 Å². The fourth-order valence-corrected chi connectivity index (χ4v) is 2.34. The Morgan fingerprint density at radius 2 is 1.92 bits per heavy atom. The maximum absolute atomic E-state index is 12.4. The summed E-state index contributed by atoms with van der Waals surface area (Å²) in [4.78, 5) is 12.4. The van der Waals surface area contributed by atoms with Crippen LogP contribution in [0.3, 0.4) is 0 Å². The molecule has 1 amide bonds. The lowest BCUT2D eigenvalue weighted by atomic mass is 10.2. The second-order valence-electron chi connectivity index (χ2n) is 5.22. The highest BCUT2D eigenvalue weighted by atomic mass is 16.5. The number of ether oxygens (including phenoxy) is 1. The minimum atomic E-state index is -0.191. The first-order chi connectivity index (χ1) is 11.7. The Morgan fingerprint density at radius 1 is 1.17 bits per heavy atom. The molecule has 0 spiro atoms. The summed E-state index contributed by atoms with van der Waals surface area (Å²) < 4.78 is 7.24. The molecule has 6 heteroatoms. The van der Waals surface area contributed by atoms with E-state index in [2.05, 4.69) is 15.6 Å². The van der Waals surface area contributed by atoms with E-state index in [0.717, 1.165) is 11.4 Å². The van der Waals surface area contributed by atoms with Crippen molar-refractivity contribution in [2.45, 2.75) is 13.8 Å². The minimum absolute atomic E-state index is 0.191. The number of para-hydroxylation sites is 2. The number of carbonyl (C=O) groups excluding carboxylic acids is 1. The fraction of sp³-hybridized carbons (Fsp3) is 0.167. The van der Waals surface area contributed by atoms with Crippen LogP contribution in [0.1, 0.15) is 23.0 Å². The lowest BCUT2D eigenvalue weighted by molar-refractivity contribution is 0.102. The standard InChI is InChI=1S/C18H18N4O2/c1-3-24-17-7-5-4-6-16(17)20-18(23)14-8-10-15(11-9-14)22-13(2)12-19-21-22/h4-12H,3H2,1-2H3,(H,20,23). The molecule has 1 aromatic heterocycles. The number of nitrogens with zero attached hydrogens (tertiary/aromatic N) is 3. The van der Waals surface area contributed by atoms with Crippen LogP contribution in [-0.2, 0) is 0 Å². The van der Waals surface area contributed by atoms with Gasteiger partial charge in [0.15, 0.2) is 0 Å². The van der Waals surface area contributed by atoms with Crippen LogP contribution >= 0.6 is 0 Å². The molecular weight excluding hydrogens is 304 g/mol. The van der Waals surface area contributed by atoms with Gasteiger partial charge in [-0.1, -0.05) is 17.3 Å². The van der Waals surface area contributed by atoms with Gasteiger partial charge in [0.05, 0.1) is 29.9 Å². The average molecular weight is 322 g/mol. The third-order valence-electron chi connectivity index (χ3n) is 3.53. The number of rotatable bonds is 5. The summed E-state index contributed by atoms with van der Waals surface area (Å²) in [5.41, 5.74) is 3.00. The van der Waals surface area contributed by atoms with Crippen molar-refractivity contribution in [2.24, 2.45) is 0 Å². The van der Waals surface area contributed by atoms with Gasteiger partial charge < -0.3 is 10.1 Å². The lowest BCUT2D eigenvalue weighted by Crippen LogP contribution is -2.13. The zero-order chi connectivity index (χ0) is 16.9. The van der Waals surface area contributed by atoms with E-state index in [1.165, 1.54) is 0 Å². The molecule has 0 aliphatic heterocycles. The summed E-state index contributed by atoms with van der Waals surface area (Å²) in [5.74, 6) is 0.465. The zero-order valence-electron chi connectivity index (χ0n) is 13.6. The number of amides is 1. The molecule has 0 unspecified atom stereocenters. The van der Waals surface area contributed by atoms with E-state index in [1.807, 2.05) is 50.2 Å². The van der Waals surface area contributed by atoms with E-state index in [-0.39, 0.29) is 5.91 Å². The zero-order valence-corrected chi connectivity index (χ0v) is 13.6. The maximum Gasteiger partial charge on any atom is 0.255 e. The first kappa shape index (κ1) is 15.7. The molecule has 1 heterocycles. The summed E-state index contributed by atoms with van der Waals surface area (Å²) in [6, 6.07) is 14.6. The molecular formula is C18H18N4O2.